The number of hydrogen-bond donors (Lipinski definition) is 1. The summed E-state index contributed by atoms with van der Waals surface area (Å²) in [5.41, 5.74) is 2.39. The van der Waals surface area contributed by atoms with Gasteiger partial charge in [0.05, 0.1) is 29.9 Å². The van der Waals surface area contributed by atoms with Crippen LogP contribution in [0.3, 0.4) is 0 Å². The Labute approximate surface area is 202 Å². The fourth-order valence-electron chi connectivity index (χ4n) is 4.64. The molecule has 2 aromatic carbocycles. The van der Waals surface area contributed by atoms with Crippen molar-refractivity contribution >= 4 is 28.6 Å². The van der Waals surface area contributed by atoms with Gasteiger partial charge in [-0.05, 0) is 37.1 Å². The number of ether oxygens (including phenoxy) is 1. The van der Waals surface area contributed by atoms with Gasteiger partial charge in [-0.15, -0.1) is 0 Å². The van der Waals surface area contributed by atoms with E-state index in [4.69, 9.17) is 19.7 Å². The molecule has 0 amide bonds. The number of anilines is 3. The van der Waals surface area contributed by atoms with Gasteiger partial charge >= 0.3 is 0 Å². The highest BCUT2D eigenvalue weighted by Gasteiger charge is 2.25. The monoisotopic (exact) mass is 474 g/mol. The fraction of sp³-hybridized carbons (Fsp3) is 0.360. The van der Waals surface area contributed by atoms with Crippen LogP contribution in [-0.2, 0) is 4.74 Å². The maximum absolute atomic E-state index is 14.1. The van der Waals surface area contributed by atoms with Crippen LogP contribution in [0.2, 0.25) is 0 Å². The first-order chi connectivity index (χ1) is 17.2. The van der Waals surface area contributed by atoms with E-state index in [0.29, 0.717) is 36.7 Å². The number of aromatic nitrogens is 5. The summed E-state index contributed by atoms with van der Waals surface area (Å²) in [5.74, 6) is 1.63. The van der Waals surface area contributed by atoms with Crippen LogP contribution >= 0.6 is 0 Å². The molecule has 6 rings (SSSR count). The quantitative estimate of drug-likeness (QED) is 0.472. The summed E-state index contributed by atoms with van der Waals surface area (Å²) < 4.78 is 21.5. The van der Waals surface area contributed by atoms with Gasteiger partial charge in [0, 0.05) is 32.2 Å². The van der Waals surface area contributed by atoms with E-state index >= 15 is 0 Å². The zero-order valence-electron chi connectivity index (χ0n) is 19.3. The summed E-state index contributed by atoms with van der Waals surface area (Å²) in [6, 6.07) is 15.0. The van der Waals surface area contributed by atoms with E-state index in [0.717, 1.165) is 50.1 Å². The molecule has 0 atom stereocenters. The van der Waals surface area contributed by atoms with Crippen LogP contribution in [0.1, 0.15) is 12.8 Å². The van der Waals surface area contributed by atoms with Crippen molar-refractivity contribution < 1.29 is 9.13 Å². The molecule has 0 unspecified atom stereocenters. The lowest BCUT2D eigenvalue weighted by atomic mass is 10.0. The second-order valence-electron chi connectivity index (χ2n) is 8.82. The summed E-state index contributed by atoms with van der Waals surface area (Å²) in [4.78, 5) is 23.4. The Hall–Kier alpha value is -3.79. The Kier molecular flexibility index (Phi) is 5.87. The van der Waals surface area contributed by atoms with Crippen LogP contribution in [0.25, 0.3) is 17.0 Å². The highest BCUT2D eigenvalue weighted by atomic mass is 19.1. The van der Waals surface area contributed by atoms with Crippen molar-refractivity contribution in [2.75, 3.05) is 54.5 Å². The fourth-order valence-corrected chi connectivity index (χ4v) is 4.64. The van der Waals surface area contributed by atoms with Crippen molar-refractivity contribution in [2.45, 2.75) is 18.9 Å². The molecule has 0 aliphatic carbocycles. The molecule has 9 nitrogen and oxygen atoms in total. The van der Waals surface area contributed by atoms with Crippen LogP contribution in [0.15, 0.2) is 54.9 Å². The lowest BCUT2D eigenvalue weighted by Crippen LogP contribution is -2.41. The molecular formula is C25H27FN8O. The zero-order chi connectivity index (χ0) is 23.6. The van der Waals surface area contributed by atoms with Gasteiger partial charge in [-0.1, -0.05) is 24.3 Å². The summed E-state index contributed by atoms with van der Waals surface area (Å²) >= 11 is 0. The maximum Gasteiger partial charge on any atom is 0.242 e. The smallest absolute Gasteiger partial charge is 0.242 e. The number of fused-ring (bicyclic) bond motifs is 1. The first kappa shape index (κ1) is 21.7. The summed E-state index contributed by atoms with van der Waals surface area (Å²) in [6.07, 6.45) is 3.48. The van der Waals surface area contributed by atoms with Crippen molar-refractivity contribution in [1.29, 1.82) is 0 Å². The number of nitrogens with zero attached hydrogens (tertiary/aromatic N) is 7. The molecule has 35 heavy (non-hydrogen) atoms. The Bertz CT molecular complexity index is 1310. The topological polar surface area (TPSA) is 84.2 Å². The van der Waals surface area contributed by atoms with Gasteiger partial charge in [0.2, 0.25) is 17.8 Å². The predicted octanol–water partition coefficient (Wildman–Crippen LogP) is 3.27. The second kappa shape index (κ2) is 9.46. The normalized spacial score (nSPS) is 17.2. The number of rotatable bonds is 5. The number of halogens is 1. The van der Waals surface area contributed by atoms with E-state index in [1.807, 2.05) is 34.9 Å². The first-order valence-corrected chi connectivity index (χ1v) is 12.0. The van der Waals surface area contributed by atoms with Crippen molar-refractivity contribution in [1.82, 2.24) is 24.5 Å². The number of imidazole rings is 1. The number of nitrogens with one attached hydrogen (secondary N) is 1. The minimum Gasteiger partial charge on any atom is -0.380 e. The molecule has 180 valence electrons. The Morgan fingerprint density at radius 3 is 2.23 bits per heavy atom. The molecule has 2 aliphatic rings. The minimum absolute atomic E-state index is 0.195. The van der Waals surface area contributed by atoms with Crippen LogP contribution in [-0.4, -0.2) is 69.9 Å². The third-order valence-corrected chi connectivity index (χ3v) is 6.57. The molecule has 2 aliphatic heterocycles. The SMILES string of the molecule is Fc1ccccc1NC1CCN(c2nc(N3CCOCC3)nc(-n3cnc4ccccc43)n2)CC1. The van der Waals surface area contributed by atoms with Crippen LogP contribution in [0, 0.1) is 5.82 Å². The molecular weight excluding hydrogens is 447 g/mol. The highest BCUT2D eigenvalue weighted by molar-refractivity contribution is 5.76. The van der Waals surface area contributed by atoms with Crippen LogP contribution < -0.4 is 15.1 Å². The predicted molar refractivity (Wildman–Crippen MR) is 133 cm³/mol. The molecule has 1 N–H and O–H groups in total. The second-order valence-corrected chi connectivity index (χ2v) is 8.82. The molecule has 0 saturated carbocycles. The van der Waals surface area contributed by atoms with E-state index < -0.39 is 0 Å². The Morgan fingerprint density at radius 2 is 1.46 bits per heavy atom. The Morgan fingerprint density at radius 1 is 0.800 bits per heavy atom. The average molecular weight is 475 g/mol. The van der Waals surface area contributed by atoms with Gasteiger partial charge in [-0.2, -0.15) is 15.0 Å². The van der Waals surface area contributed by atoms with Gasteiger partial charge in [0.15, 0.2) is 0 Å². The molecule has 0 bridgehead atoms. The van der Waals surface area contributed by atoms with Crippen molar-refractivity contribution in [3.63, 3.8) is 0 Å². The number of hydrogen-bond acceptors (Lipinski definition) is 8. The molecule has 2 aromatic heterocycles. The van der Waals surface area contributed by atoms with E-state index in [1.165, 1.54) is 6.07 Å². The summed E-state index contributed by atoms with van der Waals surface area (Å²) in [7, 11) is 0. The van der Waals surface area contributed by atoms with E-state index in [2.05, 4.69) is 20.1 Å². The van der Waals surface area contributed by atoms with Crippen LogP contribution in [0.4, 0.5) is 22.0 Å². The lowest BCUT2D eigenvalue weighted by molar-refractivity contribution is 0.122. The first-order valence-electron chi connectivity index (χ1n) is 12.0. The van der Waals surface area contributed by atoms with Gasteiger partial charge in [0.25, 0.3) is 0 Å². The standard InChI is InChI=1S/C25H27FN8O/c26-19-5-1-2-6-20(19)28-18-9-11-32(12-10-18)23-29-24(33-13-15-35-16-14-33)31-25(30-23)34-17-27-21-7-3-4-8-22(21)34/h1-8,17-18,28H,9-16H2. The van der Waals surface area contributed by atoms with E-state index in [1.54, 1.807) is 18.5 Å². The highest BCUT2D eigenvalue weighted by Crippen LogP contribution is 2.25. The van der Waals surface area contributed by atoms with E-state index in [-0.39, 0.29) is 11.9 Å². The van der Waals surface area contributed by atoms with Gasteiger partial charge in [0.1, 0.15) is 12.1 Å². The zero-order valence-corrected chi connectivity index (χ0v) is 19.3. The molecule has 2 saturated heterocycles. The number of piperidine rings is 1. The van der Waals surface area contributed by atoms with Crippen LogP contribution in [0.5, 0.6) is 0 Å². The lowest BCUT2D eigenvalue weighted by Gasteiger charge is -2.34. The summed E-state index contributed by atoms with van der Waals surface area (Å²) in [6.45, 7) is 4.31. The molecule has 0 spiro atoms. The number of morpholine rings is 1. The Balaban J connectivity index is 1.27. The number of para-hydroxylation sites is 3. The third kappa shape index (κ3) is 4.49. The van der Waals surface area contributed by atoms with Gasteiger partial charge in [-0.3, -0.25) is 4.57 Å². The molecule has 10 heteroatoms. The number of benzene rings is 2. The molecule has 0 radical (unpaired) electrons. The molecule has 4 heterocycles. The largest absolute Gasteiger partial charge is 0.380 e. The maximum atomic E-state index is 14.1. The third-order valence-electron chi connectivity index (χ3n) is 6.57. The molecule has 4 aromatic rings. The van der Waals surface area contributed by atoms with Crippen molar-refractivity contribution in [2.24, 2.45) is 0 Å². The van der Waals surface area contributed by atoms with Gasteiger partial charge in [-0.25, -0.2) is 9.37 Å². The van der Waals surface area contributed by atoms with E-state index in [9.17, 15) is 4.39 Å². The van der Waals surface area contributed by atoms with Gasteiger partial charge < -0.3 is 19.9 Å². The minimum atomic E-state index is -0.222. The summed E-state index contributed by atoms with van der Waals surface area (Å²) in [5, 5.41) is 3.35. The van der Waals surface area contributed by atoms with Crippen molar-refractivity contribution in [3.8, 4) is 5.95 Å². The van der Waals surface area contributed by atoms with Crippen molar-refractivity contribution in [3.05, 3.63) is 60.7 Å². The average Bonchev–Trinajstić information content (AvgIpc) is 3.35. The molecule has 2 fully saturated rings.